The summed E-state index contributed by atoms with van der Waals surface area (Å²) >= 11 is 11.5. The highest BCUT2D eigenvalue weighted by atomic mass is 35.5. The van der Waals surface area contributed by atoms with Gasteiger partial charge in [-0.25, -0.2) is 4.98 Å². The average molecular weight is 270 g/mol. The molecule has 0 aliphatic rings. The number of aryl methyl sites for hydroxylation is 1. The van der Waals surface area contributed by atoms with Crippen molar-refractivity contribution < 1.29 is 4.74 Å². The van der Waals surface area contributed by atoms with Gasteiger partial charge in [0.2, 0.25) is 5.28 Å². The van der Waals surface area contributed by atoms with E-state index in [4.69, 9.17) is 27.9 Å². The van der Waals surface area contributed by atoms with Crippen LogP contribution in [0.25, 0.3) is 0 Å². The van der Waals surface area contributed by atoms with Gasteiger partial charge in [-0.1, -0.05) is 23.7 Å². The maximum absolute atomic E-state index is 5.78. The lowest BCUT2D eigenvalue weighted by molar-refractivity contribution is 0.279. The number of aromatic nitrogens is 3. The van der Waals surface area contributed by atoms with Gasteiger partial charge in [-0.2, -0.15) is 9.97 Å². The minimum absolute atomic E-state index is 0.128. The Bertz CT molecular complexity index is 496. The number of benzene rings is 1. The van der Waals surface area contributed by atoms with Crippen molar-refractivity contribution in [3.8, 4) is 6.01 Å². The fraction of sp³-hybridized carbons (Fsp3) is 0.182. The molecule has 6 heteroatoms. The second-order valence-corrected chi connectivity index (χ2v) is 4.12. The summed E-state index contributed by atoms with van der Waals surface area (Å²) in [4.78, 5) is 11.7. The number of hydrogen-bond donors (Lipinski definition) is 0. The van der Waals surface area contributed by atoms with Crippen molar-refractivity contribution >= 4 is 23.2 Å². The van der Waals surface area contributed by atoms with E-state index in [9.17, 15) is 0 Å². The number of ether oxygens (including phenoxy) is 1. The van der Waals surface area contributed by atoms with Gasteiger partial charge in [0.15, 0.2) is 0 Å². The third kappa shape index (κ3) is 3.54. The van der Waals surface area contributed by atoms with Gasteiger partial charge in [0.25, 0.3) is 0 Å². The molecule has 0 spiro atoms. The summed E-state index contributed by atoms with van der Waals surface area (Å²) in [6, 6.07) is 7.56. The first kappa shape index (κ1) is 12.1. The highest BCUT2D eigenvalue weighted by molar-refractivity contribution is 6.30. The van der Waals surface area contributed by atoms with Crippen LogP contribution in [0.15, 0.2) is 24.3 Å². The molecule has 17 heavy (non-hydrogen) atoms. The predicted octanol–water partition coefficient (Wildman–Crippen LogP) is 3.07. The van der Waals surface area contributed by atoms with Gasteiger partial charge in [0, 0.05) is 5.02 Å². The molecule has 0 aliphatic carbocycles. The molecule has 0 fully saturated rings. The van der Waals surface area contributed by atoms with Crippen LogP contribution >= 0.6 is 23.2 Å². The van der Waals surface area contributed by atoms with Crippen LogP contribution in [0.1, 0.15) is 11.4 Å². The van der Waals surface area contributed by atoms with Crippen LogP contribution in [0.5, 0.6) is 6.01 Å². The van der Waals surface area contributed by atoms with Crippen molar-refractivity contribution in [3.63, 3.8) is 0 Å². The van der Waals surface area contributed by atoms with E-state index in [1.54, 1.807) is 19.1 Å². The fourth-order valence-electron chi connectivity index (χ4n) is 1.22. The first-order chi connectivity index (χ1) is 8.13. The van der Waals surface area contributed by atoms with Crippen LogP contribution < -0.4 is 4.74 Å². The van der Waals surface area contributed by atoms with E-state index in [0.29, 0.717) is 17.5 Å². The van der Waals surface area contributed by atoms with Crippen molar-refractivity contribution in [2.24, 2.45) is 0 Å². The molecule has 0 radical (unpaired) electrons. The first-order valence-corrected chi connectivity index (χ1v) is 5.64. The molecule has 0 amide bonds. The van der Waals surface area contributed by atoms with E-state index >= 15 is 0 Å². The maximum Gasteiger partial charge on any atom is 0.321 e. The van der Waals surface area contributed by atoms with E-state index < -0.39 is 0 Å². The van der Waals surface area contributed by atoms with Crippen LogP contribution in [0.4, 0.5) is 0 Å². The lowest BCUT2D eigenvalue weighted by Gasteiger charge is -2.05. The molecule has 0 atom stereocenters. The van der Waals surface area contributed by atoms with Gasteiger partial charge in [0.1, 0.15) is 12.4 Å². The third-order valence-electron chi connectivity index (χ3n) is 1.98. The average Bonchev–Trinajstić information content (AvgIpc) is 2.27. The number of hydrogen-bond acceptors (Lipinski definition) is 4. The van der Waals surface area contributed by atoms with Crippen LogP contribution in [0.2, 0.25) is 10.3 Å². The predicted molar refractivity (Wildman–Crippen MR) is 65.4 cm³/mol. The lowest BCUT2D eigenvalue weighted by Crippen LogP contribution is -2.02. The molecule has 0 bridgehead atoms. The first-order valence-electron chi connectivity index (χ1n) is 4.89. The molecular weight excluding hydrogens is 261 g/mol. The molecule has 0 saturated carbocycles. The minimum atomic E-state index is 0.128. The summed E-state index contributed by atoms with van der Waals surface area (Å²) < 4.78 is 5.40. The van der Waals surface area contributed by atoms with Gasteiger partial charge in [0.05, 0.1) is 0 Å². The molecule has 0 aliphatic heterocycles. The summed E-state index contributed by atoms with van der Waals surface area (Å²) in [5.41, 5.74) is 0.976. The van der Waals surface area contributed by atoms with Gasteiger partial charge < -0.3 is 4.74 Å². The number of nitrogens with zero attached hydrogens (tertiary/aromatic N) is 3. The largest absolute Gasteiger partial charge is 0.458 e. The van der Waals surface area contributed by atoms with Crippen LogP contribution in [-0.4, -0.2) is 15.0 Å². The molecule has 0 N–H and O–H groups in total. The third-order valence-corrected chi connectivity index (χ3v) is 2.40. The molecule has 2 aromatic rings. The highest BCUT2D eigenvalue weighted by Crippen LogP contribution is 2.12. The molecule has 4 nitrogen and oxygen atoms in total. The Labute approximate surface area is 109 Å². The Balaban J connectivity index is 2.04. The second kappa shape index (κ2) is 5.29. The summed E-state index contributed by atoms with van der Waals surface area (Å²) in [5, 5.41) is 0.816. The zero-order valence-corrected chi connectivity index (χ0v) is 10.5. The molecule has 1 heterocycles. The quantitative estimate of drug-likeness (QED) is 0.859. The fourth-order valence-corrected chi connectivity index (χ4v) is 1.54. The van der Waals surface area contributed by atoms with Crippen molar-refractivity contribution in [2.75, 3.05) is 0 Å². The monoisotopic (exact) mass is 269 g/mol. The summed E-state index contributed by atoms with van der Waals surface area (Å²) in [6.07, 6.45) is 0. The Kier molecular flexibility index (Phi) is 3.76. The summed E-state index contributed by atoms with van der Waals surface area (Å²) in [6.45, 7) is 2.08. The van der Waals surface area contributed by atoms with Gasteiger partial charge in [-0.05, 0) is 36.2 Å². The van der Waals surface area contributed by atoms with Gasteiger partial charge >= 0.3 is 6.01 Å². The van der Waals surface area contributed by atoms with E-state index in [1.165, 1.54) is 0 Å². The smallest absolute Gasteiger partial charge is 0.321 e. The van der Waals surface area contributed by atoms with Crippen molar-refractivity contribution in [1.82, 2.24) is 15.0 Å². The number of halogens is 2. The van der Waals surface area contributed by atoms with Crippen molar-refractivity contribution in [2.45, 2.75) is 13.5 Å². The molecule has 1 aromatic carbocycles. The summed E-state index contributed by atoms with van der Waals surface area (Å²) in [7, 11) is 0. The number of rotatable bonds is 3. The standard InChI is InChI=1S/C11H9Cl2N3O/c1-7-14-10(13)16-11(15-7)17-6-8-2-4-9(12)5-3-8/h2-5H,6H2,1H3. The van der Waals surface area contributed by atoms with Crippen LogP contribution in [0, 0.1) is 6.92 Å². The molecular formula is C11H9Cl2N3O. The molecule has 88 valence electrons. The maximum atomic E-state index is 5.78. The SMILES string of the molecule is Cc1nc(Cl)nc(OCc2ccc(Cl)cc2)n1. The van der Waals surface area contributed by atoms with Gasteiger partial charge in [-0.15, -0.1) is 0 Å². The normalized spacial score (nSPS) is 10.3. The van der Waals surface area contributed by atoms with Crippen LogP contribution in [-0.2, 0) is 6.61 Å². The van der Waals surface area contributed by atoms with Crippen LogP contribution in [0.3, 0.4) is 0 Å². The van der Waals surface area contributed by atoms with Crippen molar-refractivity contribution in [3.05, 3.63) is 46.0 Å². The Morgan fingerprint density at radius 1 is 1.06 bits per heavy atom. The van der Waals surface area contributed by atoms with E-state index in [0.717, 1.165) is 5.56 Å². The van der Waals surface area contributed by atoms with E-state index in [-0.39, 0.29) is 11.3 Å². The zero-order valence-electron chi connectivity index (χ0n) is 9.02. The highest BCUT2D eigenvalue weighted by Gasteiger charge is 2.03. The Hall–Kier alpha value is -1.39. The molecule has 2 rings (SSSR count). The van der Waals surface area contributed by atoms with Gasteiger partial charge in [-0.3, -0.25) is 0 Å². The molecule has 0 saturated heterocycles. The zero-order chi connectivity index (χ0) is 12.3. The lowest BCUT2D eigenvalue weighted by atomic mass is 10.2. The Morgan fingerprint density at radius 3 is 2.41 bits per heavy atom. The second-order valence-electron chi connectivity index (χ2n) is 3.35. The Morgan fingerprint density at radius 2 is 1.76 bits per heavy atom. The van der Waals surface area contributed by atoms with E-state index in [1.807, 2.05) is 12.1 Å². The summed E-state index contributed by atoms with van der Waals surface area (Å²) in [5.74, 6) is 0.524. The topological polar surface area (TPSA) is 47.9 Å². The molecule has 1 aromatic heterocycles. The van der Waals surface area contributed by atoms with E-state index in [2.05, 4.69) is 15.0 Å². The van der Waals surface area contributed by atoms with Crippen molar-refractivity contribution in [1.29, 1.82) is 0 Å². The molecule has 0 unspecified atom stereocenters. The minimum Gasteiger partial charge on any atom is -0.458 e.